The topological polar surface area (TPSA) is 98.5 Å². The first kappa shape index (κ1) is 22.8. The number of sulfonamides is 1. The number of nitro benzene ring substituents is 1. The van der Waals surface area contributed by atoms with Gasteiger partial charge in [-0.1, -0.05) is 6.07 Å². The molecule has 1 N–H and O–H groups in total. The third-order valence-corrected chi connectivity index (χ3v) is 4.27. The highest BCUT2D eigenvalue weighted by Gasteiger charge is 2.71. The molecule has 0 heterocycles. The monoisotopic (exact) mass is 432 g/mol. The lowest BCUT2D eigenvalue weighted by molar-refractivity contribution is -0.435. The molecule has 0 unspecified atom stereocenters. The van der Waals surface area contributed by atoms with Crippen LogP contribution in [0.5, 0.6) is 0 Å². The van der Waals surface area contributed by atoms with Gasteiger partial charge in [0.05, 0.1) is 10.6 Å². The third-order valence-electron chi connectivity index (χ3n) is 2.87. The lowest BCUT2D eigenvalue weighted by atomic mass is 10.2. The van der Waals surface area contributed by atoms with Crippen molar-refractivity contribution in [1.29, 1.82) is 0 Å². The van der Waals surface area contributed by atoms with Gasteiger partial charge < -0.3 is 0 Å². The van der Waals surface area contributed by atoms with Crippen LogP contribution in [-0.4, -0.2) is 37.2 Å². The highest BCUT2D eigenvalue weighted by atomic mass is 32.2. The van der Waals surface area contributed by atoms with E-state index in [1.807, 2.05) is 0 Å². The van der Waals surface area contributed by atoms with Gasteiger partial charge in [-0.3, -0.25) is 14.8 Å². The second kappa shape index (κ2) is 7.06. The van der Waals surface area contributed by atoms with E-state index in [1.165, 1.54) is 0 Å². The number of nitrogens with zero attached hydrogens (tertiary/aromatic N) is 1. The molecule has 0 aliphatic carbocycles. The normalized spacial score (nSPS) is 13.7. The standard InChI is InChI=1S/C11H8F8N2O5S/c1-5-2-3-6(21(22)23)4-7(5)20-27(24,25)11(18,19)10(16,17)26-9(14,15)8(12)13/h2-4,8,20H,1H3. The van der Waals surface area contributed by atoms with Crippen LogP contribution in [-0.2, 0) is 14.8 Å². The van der Waals surface area contributed by atoms with E-state index >= 15 is 0 Å². The Hall–Kier alpha value is -2.23. The van der Waals surface area contributed by atoms with E-state index in [0.29, 0.717) is 6.07 Å². The second-order valence-corrected chi connectivity index (χ2v) is 6.58. The Morgan fingerprint density at radius 1 is 1.15 bits per heavy atom. The predicted octanol–water partition coefficient (Wildman–Crippen LogP) is 3.71. The molecule has 0 aliphatic rings. The third kappa shape index (κ3) is 4.55. The number of anilines is 1. The fourth-order valence-electron chi connectivity index (χ4n) is 1.47. The van der Waals surface area contributed by atoms with Crippen molar-refractivity contribution in [3.05, 3.63) is 33.9 Å². The summed E-state index contributed by atoms with van der Waals surface area (Å²) in [5.41, 5.74) is -2.03. The molecular formula is C11H8F8N2O5S. The number of nitrogens with one attached hydrogen (secondary N) is 1. The highest BCUT2D eigenvalue weighted by Crippen LogP contribution is 2.44. The Bertz CT molecular complexity index is 830. The number of nitro groups is 1. The molecule has 16 heteroatoms. The van der Waals surface area contributed by atoms with Crippen LogP contribution in [0.15, 0.2) is 18.2 Å². The van der Waals surface area contributed by atoms with Gasteiger partial charge >= 0.3 is 33.9 Å². The van der Waals surface area contributed by atoms with Gasteiger partial charge in [0.1, 0.15) is 0 Å². The molecule has 0 aliphatic heterocycles. The zero-order valence-electron chi connectivity index (χ0n) is 12.7. The molecule has 0 spiro atoms. The van der Waals surface area contributed by atoms with Crippen molar-refractivity contribution >= 4 is 21.4 Å². The Labute approximate surface area is 145 Å². The Morgan fingerprint density at radius 2 is 1.67 bits per heavy atom. The molecule has 0 atom stereocenters. The van der Waals surface area contributed by atoms with Crippen molar-refractivity contribution in [3.63, 3.8) is 0 Å². The zero-order valence-corrected chi connectivity index (χ0v) is 13.5. The van der Waals surface area contributed by atoms with Gasteiger partial charge in [-0.15, -0.1) is 0 Å². The van der Waals surface area contributed by atoms with E-state index in [1.54, 1.807) is 0 Å². The number of hydrogen-bond acceptors (Lipinski definition) is 5. The first-order chi connectivity index (χ1) is 11.9. The van der Waals surface area contributed by atoms with E-state index in [2.05, 4.69) is 4.74 Å². The molecule has 0 radical (unpaired) electrons. The summed E-state index contributed by atoms with van der Waals surface area (Å²) < 4.78 is 129. The molecule has 7 nitrogen and oxygen atoms in total. The minimum atomic E-state index is -6.59. The minimum Gasteiger partial charge on any atom is -0.278 e. The van der Waals surface area contributed by atoms with Crippen LogP contribution in [0.2, 0.25) is 0 Å². The van der Waals surface area contributed by atoms with E-state index in [9.17, 15) is 53.7 Å². The number of ether oxygens (including phenoxy) is 1. The summed E-state index contributed by atoms with van der Waals surface area (Å²) in [5.74, 6) is 0. The van der Waals surface area contributed by atoms with Crippen molar-refractivity contribution < 1.29 is 53.2 Å². The van der Waals surface area contributed by atoms with Crippen LogP contribution in [0.1, 0.15) is 5.56 Å². The number of benzene rings is 1. The van der Waals surface area contributed by atoms with Crippen LogP contribution in [0.4, 0.5) is 46.5 Å². The molecule has 0 saturated carbocycles. The second-order valence-electron chi connectivity index (χ2n) is 4.86. The lowest BCUT2D eigenvalue weighted by Crippen LogP contribution is -2.54. The number of alkyl halides is 8. The van der Waals surface area contributed by atoms with Crippen LogP contribution in [0, 0.1) is 17.0 Å². The van der Waals surface area contributed by atoms with Gasteiger partial charge in [0, 0.05) is 12.1 Å². The Kier molecular flexibility index (Phi) is 5.97. The molecule has 1 rings (SSSR count). The summed E-state index contributed by atoms with van der Waals surface area (Å²) in [5, 5.41) is 4.13. The quantitative estimate of drug-likeness (QED) is 0.384. The summed E-state index contributed by atoms with van der Waals surface area (Å²) in [6.45, 7) is 1.04. The smallest absolute Gasteiger partial charge is 0.278 e. The average Bonchev–Trinajstić information content (AvgIpc) is 2.47. The maximum atomic E-state index is 13.6. The zero-order chi connectivity index (χ0) is 21.4. The maximum Gasteiger partial charge on any atom is 0.453 e. The molecule has 0 fully saturated rings. The van der Waals surface area contributed by atoms with Crippen molar-refractivity contribution in [1.82, 2.24) is 0 Å². The van der Waals surface area contributed by atoms with Gasteiger partial charge in [0.15, 0.2) is 0 Å². The van der Waals surface area contributed by atoms with Crippen molar-refractivity contribution in [2.24, 2.45) is 0 Å². The number of halogens is 8. The van der Waals surface area contributed by atoms with E-state index in [4.69, 9.17) is 0 Å². The summed E-state index contributed by atoms with van der Waals surface area (Å²) in [7, 11) is -6.59. The van der Waals surface area contributed by atoms with Crippen LogP contribution >= 0.6 is 0 Å². The molecule has 1 aromatic carbocycles. The fraction of sp³-hybridized carbons (Fsp3) is 0.455. The SMILES string of the molecule is Cc1ccc([N+](=O)[O-])cc1NS(=O)(=O)C(F)(F)C(F)(F)OC(F)(F)C(F)F. The van der Waals surface area contributed by atoms with E-state index < -0.39 is 50.2 Å². The largest absolute Gasteiger partial charge is 0.453 e. The molecule has 154 valence electrons. The highest BCUT2D eigenvalue weighted by molar-refractivity contribution is 7.93. The summed E-state index contributed by atoms with van der Waals surface area (Å²) in [6.07, 6.45) is -17.6. The van der Waals surface area contributed by atoms with Crippen LogP contribution < -0.4 is 4.72 Å². The first-order valence-corrected chi connectivity index (χ1v) is 7.82. The van der Waals surface area contributed by atoms with Gasteiger partial charge in [-0.2, -0.15) is 34.8 Å². The Morgan fingerprint density at radius 3 is 2.11 bits per heavy atom. The van der Waals surface area contributed by atoms with Crippen LogP contribution in [0.3, 0.4) is 0 Å². The number of non-ortho nitro benzene ring substituents is 1. The maximum absolute atomic E-state index is 13.6. The van der Waals surface area contributed by atoms with E-state index in [-0.39, 0.29) is 5.56 Å². The minimum absolute atomic E-state index is 0.248. The number of rotatable bonds is 8. The first-order valence-electron chi connectivity index (χ1n) is 6.34. The molecule has 0 amide bonds. The lowest BCUT2D eigenvalue weighted by Gasteiger charge is -2.29. The molecular weight excluding hydrogens is 424 g/mol. The average molecular weight is 432 g/mol. The summed E-state index contributed by atoms with van der Waals surface area (Å²) in [4.78, 5) is 9.52. The molecule has 0 aromatic heterocycles. The van der Waals surface area contributed by atoms with Crippen molar-refractivity contribution in [3.8, 4) is 0 Å². The number of aryl methyl sites for hydroxylation is 1. The molecule has 0 saturated heterocycles. The molecule has 27 heavy (non-hydrogen) atoms. The Balaban J connectivity index is 3.29. The van der Waals surface area contributed by atoms with Gasteiger partial charge in [0.25, 0.3) is 5.69 Å². The van der Waals surface area contributed by atoms with Crippen molar-refractivity contribution in [2.45, 2.75) is 30.8 Å². The fourth-order valence-corrected chi connectivity index (χ4v) is 2.47. The van der Waals surface area contributed by atoms with Crippen molar-refractivity contribution in [2.75, 3.05) is 4.72 Å². The number of hydrogen-bond donors (Lipinski definition) is 1. The molecule has 1 aromatic rings. The summed E-state index contributed by atoms with van der Waals surface area (Å²) in [6, 6.07) is 2.08. The summed E-state index contributed by atoms with van der Waals surface area (Å²) >= 11 is 0. The van der Waals surface area contributed by atoms with Gasteiger partial charge in [-0.05, 0) is 12.5 Å². The van der Waals surface area contributed by atoms with Gasteiger partial charge in [-0.25, -0.2) is 13.5 Å². The van der Waals surface area contributed by atoms with E-state index in [0.717, 1.165) is 23.8 Å². The predicted molar refractivity (Wildman–Crippen MR) is 72.3 cm³/mol. The van der Waals surface area contributed by atoms with Gasteiger partial charge in [0.2, 0.25) is 0 Å². The van der Waals surface area contributed by atoms with Crippen LogP contribution in [0.25, 0.3) is 0 Å². The molecule has 0 bridgehead atoms.